The molecule has 2 atom stereocenters. The molecule has 1 aliphatic heterocycles. The average Bonchev–Trinajstić information content (AvgIpc) is 3.01. The van der Waals surface area contributed by atoms with Crippen LogP contribution in [0.4, 0.5) is 4.39 Å². The van der Waals surface area contributed by atoms with E-state index in [-0.39, 0.29) is 11.1 Å². The van der Waals surface area contributed by atoms with Gasteiger partial charge >= 0.3 is 5.69 Å². The second-order valence-corrected chi connectivity index (χ2v) is 10.1. The third-order valence-corrected chi connectivity index (χ3v) is 7.56. The standard InChI is InChI=1S/C15H20FN5O3S2/c1-8-17-18-13(25-8)21-11-7-12(26(23,24)19-15(2)4-5-15)9(16)6-10(11)20(3)14(21)22/h6-8,13,17-19H,4-5H2,1-3H3. The quantitative estimate of drug-likeness (QED) is 0.706. The molecule has 1 aliphatic carbocycles. The molecule has 3 N–H and O–H groups in total. The van der Waals surface area contributed by atoms with E-state index in [0.717, 1.165) is 18.9 Å². The van der Waals surface area contributed by atoms with Crippen LogP contribution < -0.4 is 21.3 Å². The maximum Gasteiger partial charge on any atom is 0.330 e. The van der Waals surface area contributed by atoms with Gasteiger partial charge in [-0.1, -0.05) is 11.8 Å². The largest absolute Gasteiger partial charge is 0.330 e. The first-order valence-corrected chi connectivity index (χ1v) is 10.6. The Hall–Kier alpha value is -1.40. The summed E-state index contributed by atoms with van der Waals surface area (Å²) in [7, 11) is -2.49. The Balaban J connectivity index is 1.89. The summed E-state index contributed by atoms with van der Waals surface area (Å²) in [6.45, 7) is 3.72. The zero-order valence-corrected chi connectivity index (χ0v) is 16.2. The summed E-state index contributed by atoms with van der Waals surface area (Å²) in [5.41, 5.74) is 5.41. The summed E-state index contributed by atoms with van der Waals surface area (Å²) in [5.74, 6) is -0.875. The second-order valence-electron chi connectivity index (χ2n) is 7.07. The van der Waals surface area contributed by atoms with E-state index in [1.807, 2.05) is 6.92 Å². The van der Waals surface area contributed by atoms with Gasteiger partial charge in [-0.3, -0.25) is 9.13 Å². The number of thioether (sulfide) groups is 1. The Labute approximate surface area is 154 Å². The molecule has 2 heterocycles. The van der Waals surface area contributed by atoms with Gasteiger partial charge < -0.3 is 0 Å². The minimum Gasteiger partial charge on any atom is -0.295 e. The van der Waals surface area contributed by atoms with Gasteiger partial charge in [-0.25, -0.2) is 33.2 Å². The SMILES string of the molecule is CC1NNC(n2c(=O)n(C)c3cc(F)c(S(=O)(=O)NC4(C)CC4)cc32)S1. The van der Waals surface area contributed by atoms with Gasteiger partial charge in [0.1, 0.15) is 10.7 Å². The number of halogens is 1. The van der Waals surface area contributed by atoms with Crippen LogP contribution in [-0.4, -0.2) is 28.5 Å². The lowest BCUT2D eigenvalue weighted by Gasteiger charge is -2.14. The third kappa shape index (κ3) is 2.87. The number of hydrazine groups is 1. The highest BCUT2D eigenvalue weighted by atomic mass is 32.2. The number of sulfonamides is 1. The zero-order chi connectivity index (χ0) is 18.9. The number of hydrogen-bond acceptors (Lipinski definition) is 6. The highest BCUT2D eigenvalue weighted by Crippen LogP contribution is 2.37. The van der Waals surface area contributed by atoms with Crippen molar-refractivity contribution in [3.8, 4) is 0 Å². The second kappa shape index (κ2) is 5.80. The first kappa shape index (κ1) is 18.0. The topological polar surface area (TPSA) is 97.2 Å². The minimum absolute atomic E-state index is 0.0716. The molecule has 0 amide bonds. The van der Waals surface area contributed by atoms with Crippen molar-refractivity contribution >= 4 is 32.8 Å². The molecule has 4 rings (SSSR count). The smallest absolute Gasteiger partial charge is 0.295 e. The number of hydrogen-bond donors (Lipinski definition) is 3. The highest BCUT2D eigenvalue weighted by molar-refractivity contribution is 8.00. The molecule has 2 unspecified atom stereocenters. The van der Waals surface area contributed by atoms with Crippen LogP contribution in [0.15, 0.2) is 21.8 Å². The number of benzene rings is 1. The number of fused-ring (bicyclic) bond motifs is 1. The van der Waals surface area contributed by atoms with Crippen LogP contribution in [0.3, 0.4) is 0 Å². The van der Waals surface area contributed by atoms with E-state index >= 15 is 0 Å². The Morgan fingerprint density at radius 3 is 2.58 bits per heavy atom. The molecule has 142 valence electrons. The molecule has 1 aromatic heterocycles. The molecule has 26 heavy (non-hydrogen) atoms. The molecule has 0 radical (unpaired) electrons. The molecule has 2 aliphatic rings. The summed E-state index contributed by atoms with van der Waals surface area (Å²) in [5, 5.41) is 0.0716. The molecule has 1 saturated carbocycles. The van der Waals surface area contributed by atoms with Crippen LogP contribution in [0.25, 0.3) is 11.0 Å². The number of nitrogens with one attached hydrogen (secondary N) is 3. The first-order valence-electron chi connectivity index (χ1n) is 8.22. The van der Waals surface area contributed by atoms with Crippen molar-refractivity contribution < 1.29 is 12.8 Å². The van der Waals surface area contributed by atoms with Crippen LogP contribution in [0, 0.1) is 5.82 Å². The fourth-order valence-corrected chi connectivity index (χ4v) is 5.57. The fraction of sp³-hybridized carbons (Fsp3) is 0.533. The Morgan fingerprint density at radius 2 is 2.00 bits per heavy atom. The molecule has 2 fully saturated rings. The van der Waals surface area contributed by atoms with Crippen LogP contribution >= 0.6 is 11.8 Å². The maximum absolute atomic E-state index is 14.6. The summed E-state index contributed by atoms with van der Waals surface area (Å²) in [6, 6.07) is 2.35. The molecule has 0 spiro atoms. The zero-order valence-electron chi connectivity index (χ0n) is 14.5. The Bertz CT molecular complexity index is 1060. The van der Waals surface area contributed by atoms with Gasteiger partial charge in [0.25, 0.3) is 0 Å². The van der Waals surface area contributed by atoms with E-state index in [4.69, 9.17) is 0 Å². The normalized spacial score (nSPS) is 25.1. The predicted molar refractivity (Wildman–Crippen MR) is 97.5 cm³/mol. The van der Waals surface area contributed by atoms with Crippen molar-refractivity contribution in [2.75, 3.05) is 0 Å². The van der Waals surface area contributed by atoms with Crippen molar-refractivity contribution in [1.82, 2.24) is 24.7 Å². The van der Waals surface area contributed by atoms with E-state index < -0.39 is 31.8 Å². The van der Waals surface area contributed by atoms with Gasteiger partial charge in [-0.2, -0.15) is 0 Å². The van der Waals surface area contributed by atoms with Gasteiger partial charge in [0, 0.05) is 18.7 Å². The summed E-state index contributed by atoms with van der Waals surface area (Å²) < 4.78 is 45.2. The monoisotopic (exact) mass is 401 g/mol. The number of aromatic nitrogens is 2. The molecule has 8 nitrogen and oxygen atoms in total. The van der Waals surface area contributed by atoms with Crippen molar-refractivity contribution in [2.45, 2.75) is 48.0 Å². The lowest BCUT2D eigenvalue weighted by molar-refractivity contribution is 0.479. The maximum atomic E-state index is 14.6. The summed E-state index contributed by atoms with van der Waals surface area (Å²) >= 11 is 1.47. The molecular formula is C15H20FN5O3S2. The lowest BCUT2D eigenvalue weighted by Crippen LogP contribution is -2.35. The van der Waals surface area contributed by atoms with Crippen LogP contribution in [0.5, 0.6) is 0 Å². The van der Waals surface area contributed by atoms with E-state index in [1.165, 1.54) is 34.0 Å². The highest BCUT2D eigenvalue weighted by Gasteiger charge is 2.42. The van der Waals surface area contributed by atoms with E-state index in [2.05, 4.69) is 15.6 Å². The number of imidazole rings is 1. The Morgan fingerprint density at radius 1 is 1.31 bits per heavy atom. The van der Waals surface area contributed by atoms with Crippen molar-refractivity contribution in [1.29, 1.82) is 0 Å². The number of rotatable bonds is 4. The Kier molecular flexibility index (Phi) is 4.01. The van der Waals surface area contributed by atoms with Crippen molar-refractivity contribution in [3.05, 3.63) is 28.4 Å². The number of nitrogens with zero attached hydrogens (tertiary/aromatic N) is 2. The lowest BCUT2D eigenvalue weighted by atomic mass is 10.3. The predicted octanol–water partition coefficient (Wildman–Crippen LogP) is 0.953. The molecule has 1 saturated heterocycles. The van der Waals surface area contributed by atoms with E-state index in [0.29, 0.717) is 11.0 Å². The molecule has 1 aromatic carbocycles. The average molecular weight is 401 g/mol. The first-order chi connectivity index (χ1) is 12.1. The summed E-state index contributed by atoms with van der Waals surface area (Å²) in [6.07, 6.45) is 1.44. The van der Waals surface area contributed by atoms with Gasteiger partial charge in [0.05, 0.1) is 16.4 Å². The molecule has 0 bridgehead atoms. The number of aryl methyl sites for hydroxylation is 1. The minimum atomic E-state index is -4.02. The van der Waals surface area contributed by atoms with Gasteiger partial charge in [-0.05, 0) is 32.8 Å². The van der Waals surface area contributed by atoms with Gasteiger partial charge in [0.15, 0.2) is 5.50 Å². The van der Waals surface area contributed by atoms with E-state index in [1.54, 1.807) is 6.92 Å². The van der Waals surface area contributed by atoms with Gasteiger partial charge in [0.2, 0.25) is 10.0 Å². The van der Waals surface area contributed by atoms with Crippen LogP contribution in [0.2, 0.25) is 0 Å². The van der Waals surface area contributed by atoms with Gasteiger partial charge in [-0.15, -0.1) is 0 Å². The fourth-order valence-electron chi connectivity index (χ4n) is 3.04. The molecular weight excluding hydrogens is 381 g/mol. The molecule has 11 heteroatoms. The van der Waals surface area contributed by atoms with Crippen molar-refractivity contribution in [3.63, 3.8) is 0 Å². The van der Waals surface area contributed by atoms with Crippen LogP contribution in [-0.2, 0) is 17.1 Å². The summed E-state index contributed by atoms with van der Waals surface area (Å²) in [4.78, 5) is 12.2. The third-order valence-electron chi connectivity index (χ3n) is 4.79. The van der Waals surface area contributed by atoms with E-state index in [9.17, 15) is 17.6 Å². The van der Waals surface area contributed by atoms with Crippen LogP contribution in [0.1, 0.15) is 32.2 Å². The van der Waals surface area contributed by atoms with Crippen molar-refractivity contribution in [2.24, 2.45) is 7.05 Å². The molecule has 2 aromatic rings.